The Labute approximate surface area is 141 Å². The topological polar surface area (TPSA) is 66.6 Å². The van der Waals surface area contributed by atoms with Crippen molar-refractivity contribution in [2.45, 2.75) is 39.0 Å². The molecule has 2 saturated heterocycles. The van der Waals surface area contributed by atoms with Gasteiger partial charge in [-0.05, 0) is 38.5 Å². The lowest BCUT2D eigenvalue weighted by Gasteiger charge is -2.37. The molecule has 0 atom stereocenters. The average Bonchev–Trinajstić information content (AvgIpc) is 3.05. The fourth-order valence-corrected chi connectivity index (χ4v) is 3.85. The second kappa shape index (κ2) is 6.37. The lowest BCUT2D eigenvalue weighted by atomic mass is 9.95. The molecule has 0 unspecified atom stereocenters. The van der Waals surface area contributed by atoms with Crippen LogP contribution in [0, 0.1) is 12.8 Å². The van der Waals surface area contributed by atoms with Gasteiger partial charge in [0.2, 0.25) is 5.91 Å². The maximum Gasteiger partial charge on any atom is 0.254 e. The molecule has 128 valence electrons. The summed E-state index contributed by atoms with van der Waals surface area (Å²) < 4.78 is 1.82. The van der Waals surface area contributed by atoms with Crippen molar-refractivity contribution < 1.29 is 4.79 Å². The minimum Gasteiger partial charge on any atom is -0.356 e. The largest absolute Gasteiger partial charge is 0.356 e. The van der Waals surface area contributed by atoms with Crippen molar-refractivity contribution in [3.63, 3.8) is 0 Å². The van der Waals surface area contributed by atoms with E-state index in [1.807, 2.05) is 11.4 Å². The molecule has 4 rings (SSSR count). The Hall–Kier alpha value is -2.18. The van der Waals surface area contributed by atoms with Gasteiger partial charge in [-0.1, -0.05) is 0 Å². The van der Waals surface area contributed by atoms with Crippen LogP contribution in [-0.4, -0.2) is 56.6 Å². The molecule has 0 spiro atoms. The second-order valence-corrected chi connectivity index (χ2v) is 6.95. The number of fused-ring (bicyclic) bond motifs is 1. The zero-order valence-corrected chi connectivity index (χ0v) is 14.2. The number of anilines is 1. The minimum atomic E-state index is 0.345. The first-order valence-corrected chi connectivity index (χ1v) is 8.91. The van der Waals surface area contributed by atoms with Crippen molar-refractivity contribution in [1.29, 1.82) is 0 Å². The maximum atomic E-state index is 12.0. The molecule has 2 aliphatic rings. The smallest absolute Gasteiger partial charge is 0.254 e. The molecule has 2 aromatic heterocycles. The summed E-state index contributed by atoms with van der Waals surface area (Å²) in [5.74, 6) is 2.68. The third-order valence-corrected chi connectivity index (χ3v) is 5.20. The standard InChI is InChI=1S/C17H24N6O/c1-13-10-15(23-17(20-13)18-12-19-23)21-8-5-14(6-9-21)11-22-7-3-2-4-16(22)24/h10,12,14H,2-9,11H2,1H3. The van der Waals surface area contributed by atoms with Gasteiger partial charge in [0.15, 0.2) is 0 Å². The van der Waals surface area contributed by atoms with Gasteiger partial charge in [-0.15, -0.1) is 0 Å². The van der Waals surface area contributed by atoms with Crippen LogP contribution in [0.15, 0.2) is 12.4 Å². The number of rotatable bonds is 3. The van der Waals surface area contributed by atoms with Crippen molar-refractivity contribution in [2.24, 2.45) is 5.92 Å². The molecule has 0 saturated carbocycles. The fourth-order valence-electron chi connectivity index (χ4n) is 3.85. The van der Waals surface area contributed by atoms with Crippen LogP contribution in [0.3, 0.4) is 0 Å². The van der Waals surface area contributed by atoms with Gasteiger partial charge in [-0.25, -0.2) is 4.98 Å². The number of carbonyl (C=O) groups excluding carboxylic acids is 1. The molecule has 1 amide bonds. The summed E-state index contributed by atoms with van der Waals surface area (Å²) in [4.78, 5) is 25.1. The summed E-state index contributed by atoms with van der Waals surface area (Å²) in [5.41, 5.74) is 0.964. The molecule has 0 aromatic carbocycles. The number of likely N-dealkylation sites (tertiary alicyclic amines) is 1. The summed E-state index contributed by atoms with van der Waals surface area (Å²) in [6.45, 7) is 5.85. The van der Waals surface area contributed by atoms with Crippen molar-refractivity contribution in [1.82, 2.24) is 24.5 Å². The zero-order chi connectivity index (χ0) is 16.5. The van der Waals surface area contributed by atoms with Crippen LogP contribution in [0.2, 0.25) is 0 Å². The molecule has 24 heavy (non-hydrogen) atoms. The summed E-state index contributed by atoms with van der Waals surface area (Å²) in [5, 5.41) is 4.31. The Morgan fingerprint density at radius 1 is 1.21 bits per heavy atom. The summed E-state index contributed by atoms with van der Waals surface area (Å²) in [7, 11) is 0. The SMILES string of the molecule is Cc1cc(N2CCC(CN3CCCCC3=O)CC2)n2ncnc2n1. The highest BCUT2D eigenvalue weighted by molar-refractivity contribution is 5.76. The van der Waals surface area contributed by atoms with Crippen LogP contribution < -0.4 is 4.90 Å². The van der Waals surface area contributed by atoms with Crippen LogP contribution in [0.4, 0.5) is 5.82 Å². The third-order valence-electron chi connectivity index (χ3n) is 5.20. The number of carbonyl (C=O) groups is 1. The molecule has 2 aromatic rings. The Bertz CT molecular complexity index is 734. The minimum absolute atomic E-state index is 0.345. The Morgan fingerprint density at radius 3 is 2.83 bits per heavy atom. The highest BCUT2D eigenvalue weighted by Crippen LogP contribution is 2.25. The van der Waals surface area contributed by atoms with Crippen molar-refractivity contribution in [3.05, 3.63) is 18.1 Å². The van der Waals surface area contributed by atoms with Crippen LogP contribution in [0.5, 0.6) is 0 Å². The van der Waals surface area contributed by atoms with Gasteiger partial charge in [0, 0.05) is 44.4 Å². The van der Waals surface area contributed by atoms with Crippen molar-refractivity contribution in [3.8, 4) is 0 Å². The highest BCUT2D eigenvalue weighted by Gasteiger charge is 2.26. The normalized spacial score (nSPS) is 20.1. The Balaban J connectivity index is 1.42. The van der Waals surface area contributed by atoms with Crippen LogP contribution in [0.1, 0.15) is 37.8 Å². The first-order chi connectivity index (χ1) is 11.7. The molecular weight excluding hydrogens is 304 g/mol. The number of hydrogen-bond acceptors (Lipinski definition) is 5. The van der Waals surface area contributed by atoms with E-state index in [0.29, 0.717) is 17.6 Å². The quantitative estimate of drug-likeness (QED) is 0.857. The number of hydrogen-bond donors (Lipinski definition) is 0. The summed E-state index contributed by atoms with van der Waals surface area (Å²) in [6, 6.07) is 2.08. The number of aromatic nitrogens is 4. The molecule has 7 heteroatoms. The van der Waals surface area contributed by atoms with Gasteiger partial charge >= 0.3 is 0 Å². The third kappa shape index (κ3) is 2.95. The Kier molecular flexibility index (Phi) is 4.08. The van der Waals surface area contributed by atoms with Crippen molar-refractivity contribution in [2.75, 3.05) is 31.1 Å². The molecule has 7 nitrogen and oxygen atoms in total. The summed E-state index contributed by atoms with van der Waals surface area (Å²) in [6.07, 6.45) is 6.73. The first-order valence-electron chi connectivity index (χ1n) is 8.91. The number of aryl methyl sites for hydroxylation is 1. The van der Waals surface area contributed by atoms with Crippen LogP contribution >= 0.6 is 0 Å². The van der Waals surface area contributed by atoms with E-state index in [-0.39, 0.29) is 0 Å². The molecule has 0 radical (unpaired) electrons. The molecule has 2 fully saturated rings. The first kappa shape index (κ1) is 15.4. The van der Waals surface area contributed by atoms with E-state index in [0.717, 1.165) is 69.8 Å². The zero-order valence-electron chi connectivity index (χ0n) is 14.2. The predicted molar refractivity (Wildman–Crippen MR) is 90.9 cm³/mol. The molecule has 0 N–H and O–H groups in total. The van der Waals surface area contributed by atoms with E-state index in [4.69, 9.17) is 0 Å². The van der Waals surface area contributed by atoms with Crippen LogP contribution in [0.25, 0.3) is 5.78 Å². The monoisotopic (exact) mass is 328 g/mol. The molecule has 4 heterocycles. The second-order valence-electron chi connectivity index (χ2n) is 6.95. The number of amides is 1. The maximum absolute atomic E-state index is 12.0. The lowest BCUT2D eigenvalue weighted by molar-refractivity contribution is -0.134. The Morgan fingerprint density at radius 2 is 2.04 bits per heavy atom. The van der Waals surface area contributed by atoms with E-state index in [9.17, 15) is 4.79 Å². The molecular formula is C17H24N6O. The van der Waals surface area contributed by atoms with E-state index >= 15 is 0 Å². The van der Waals surface area contributed by atoms with E-state index in [1.54, 1.807) is 6.33 Å². The molecule has 0 bridgehead atoms. The van der Waals surface area contributed by atoms with E-state index < -0.39 is 0 Å². The van der Waals surface area contributed by atoms with Gasteiger partial charge in [0.05, 0.1) is 0 Å². The number of piperidine rings is 2. The molecule has 2 aliphatic heterocycles. The van der Waals surface area contributed by atoms with Crippen LogP contribution in [-0.2, 0) is 4.79 Å². The van der Waals surface area contributed by atoms with Crippen molar-refractivity contribution >= 4 is 17.5 Å². The predicted octanol–water partition coefficient (Wildman–Crippen LogP) is 1.66. The highest BCUT2D eigenvalue weighted by atomic mass is 16.2. The van der Waals surface area contributed by atoms with Gasteiger partial charge in [-0.3, -0.25) is 4.79 Å². The van der Waals surface area contributed by atoms with E-state index in [1.165, 1.54) is 0 Å². The summed E-state index contributed by atoms with van der Waals surface area (Å²) >= 11 is 0. The molecule has 0 aliphatic carbocycles. The lowest BCUT2D eigenvalue weighted by Crippen LogP contribution is -2.43. The average molecular weight is 328 g/mol. The van der Waals surface area contributed by atoms with Gasteiger partial charge in [-0.2, -0.15) is 14.6 Å². The fraction of sp³-hybridized carbons (Fsp3) is 0.647. The van der Waals surface area contributed by atoms with E-state index in [2.05, 4.69) is 30.9 Å². The van der Waals surface area contributed by atoms with Gasteiger partial charge in [0.25, 0.3) is 5.78 Å². The number of nitrogens with zero attached hydrogens (tertiary/aromatic N) is 6. The van der Waals surface area contributed by atoms with Gasteiger partial charge < -0.3 is 9.80 Å². The van der Waals surface area contributed by atoms with Gasteiger partial charge in [0.1, 0.15) is 12.1 Å².